The fourth-order valence-corrected chi connectivity index (χ4v) is 3.56. The van der Waals surface area contributed by atoms with Crippen LogP contribution < -0.4 is 5.32 Å². The molecule has 1 aromatic carbocycles. The van der Waals surface area contributed by atoms with Crippen LogP contribution in [0.2, 0.25) is 0 Å². The van der Waals surface area contributed by atoms with Gasteiger partial charge >= 0.3 is 0 Å². The van der Waals surface area contributed by atoms with Crippen LogP contribution in [0.5, 0.6) is 0 Å². The normalized spacial score (nSPS) is 26.5. The average molecular weight is 298 g/mol. The van der Waals surface area contributed by atoms with Crippen LogP contribution in [0.15, 0.2) is 28.7 Å². The average Bonchev–Trinajstić information content (AvgIpc) is 3.20. The number of ketones is 1. The monoisotopic (exact) mass is 298 g/mol. The lowest BCUT2D eigenvalue weighted by atomic mass is 9.99. The zero-order valence-electron chi connectivity index (χ0n) is 12.5. The number of furan rings is 1. The van der Waals surface area contributed by atoms with Gasteiger partial charge in [-0.1, -0.05) is 0 Å². The Morgan fingerprint density at radius 3 is 2.82 bits per heavy atom. The van der Waals surface area contributed by atoms with Gasteiger partial charge in [-0.15, -0.1) is 0 Å². The molecular formula is C17H18N2O3. The van der Waals surface area contributed by atoms with E-state index in [1.165, 1.54) is 13.3 Å². The van der Waals surface area contributed by atoms with E-state index in [1.807, 2.05) is 0 Å². The minimum absolute atomic E-state index is 0.0498. The fourth-order valence-electron chi connectivity index (χ4n) is 3.56. The standard InChI is InChI=1S/C17H18N2O3/c1-10(20)16-7-13-6-11(2-3-15(13)22-16)17(21)18-14-9-19-5-4-12(14)8-19/h2-3,6-7,12,14H,4-5,8-9H2,1H3,(H,18,21). The molecule has 5 nitrogen and oxygen atoms in total. The highest BCUT2D eigenvalue weighted by Crippen LogP contribution is 2.28. The van der Waals surface area contributed by atoms with Gasteiger partial charge < -0.3 is 14.6 Å². The number of amides is 1. The maximum absolute atomic E-state index is 12.4. The summed E-state index contributed by atoms with van der Waals surface area (Å²) in [7, 11) is 0. The molecule has 3 atom stereocenters. The number of piperidine rings is 1. The second kappa shape index (κ2) is 4.95. The van der Waals surface area contributed by atoms with E-state index in [0.717, 1.165) is 25.0 Å². The van der Waals surface area contributed by atoms with Crippen LogP contribution in [-0.4, -0.2) is 42.3 Å². The summed E-state index contributed by atoms with van der Waals surface area (Å²) in [5.41, 5.74) is 1.24. The Balaban J connectivity index is 1.55. The first-order valence-electron chi connectivity index (χ1n) is 7.68. The zero-order valence-corrected chi connectivity index (χ0v) is 12.5. The molecule has 1 N–H and O–H groups in total. The SMILES string of the molecule is CC(=O)c1cc2cc(C(=O)NC3CN4CCC3C4)ccc2o1. The van der Waals surface area contributed by atoms with E-state index in [1.54, 1.807) is 24.3 Å². The Labute approximate surface area is 128 Å². The summed E-state index contributed by atoms with van der Waals surface area (Å²) in [5.74, 6) is 0.754. The zero-order chi connectivity index (χ0) is 15.3. The molecule has 4 rings (SSSR count). The summed E-state index contributed by atoms with van der Waals surface area (Å²) >= 11 is 0. The first-order chi connectivity index (χ1) is 10.6. The topological polar surface area (TPSA) is 62.6 Å². The van der Waals surface area contributed by atoms with E-state index in [0.29, 0.717) is 22.8 Å². The van der Waals surface area contributed by atoms with Crippen molar-refractivity contribution in [3.05, 3.63) is 35.6 Å². The largest absolute Gasteiger partial charge is 0.453 e. The second-order valence-electron chi connectivity index (χ2n) is 6.31. The predicted octanol–water partition coefficient (Wildman–Crippen LogP) is 2.07. The Morgan fingerprint density at radius 1 is 1.27 bits per heavy atom. The summed E-state index contributed by atoms with van der Waals surface area (Å²) in [6.45, 7) is 4.69. The van der Waals surface area contributed by atoms with Crippen LogP contribution in [0, 0.1) is 5.92 Å². The molecular weight excluding hydrogens is 280 g/mol. The third-order valence-corrected chi connectivity index (χ3v) is 4.77. The first kappa shape index (κ1) is 13.5. The number of hydrogen-bond donors (Lipinski definition) is 1. The van der Waals surface area contributed by atoms with Crippen molar-refractivity contribution in [2.45, 2.75) is 19.4 Å². The molecule has 2 aromatic rings. The second-order valence-corrected chi connectivity index (χ2v) is 6.31. The van der Waals surface area contributed by atoms with E-state index < -0.39 is 0 Å². The number of carbonyl (C=O) groups is 2. The van der Waals surface area contributed by atoms with E-state index in [2.05, 4.69) is 10.2 Å². The van der Waals surface area contributed by atoms with Crippen molar-refractivity contribution < 1.29 is 14.0 Å². The molecule has 0 radical (unpaired) electrons. The van der Waals surface area contributed by atoms with Gasteiger partial charge in [0.2, 0.25) is 0 Å². The quantitative estimate of drug-likeness (QED) is 0.881. The van der Waals surface area contributed by atoms with Crippen molar-refractivity contribution in [1.82, 2.24) is 10.2 Å². The smallest absolute Gasteiger partial charge is 0.251 e. The van der Waals surface area contributed by atoms with Crippen molar-refractivity contribution in [3.8, 4) is 0 Å². The van der Waals surface area contributed by atoms with Crippen molar-refractivity contribution in [2.75, 3.05) is 19.6 Å². The summed E-state index contributed by atoms with van der Waals surface area (Å²) in [5, 5.41) is 3.93. The number of nitrogens with one attached hydrogen (secondary N) is 1. The lowest BCUT2D eigenvalue weighted by molar-refractivity contribution is 0.0923. The molecule has 0 spiro atoms. The molecule has 2 aliphatic rings. The van der Waals surface area contributed by atoms with E-state index in [9.17, 15) is 9.59 Å². The van der Waals surface area contributed by atoms with Crippen molar-refractivity contribution in [2.24, 2.45) is 5.92 Å². The fraction of sp³-hybridized carbons (Fsp3) is 0.412. The third-order valence-electron chi connectivity index (χ3n) is 4.77. The highest BCUT2D eigenvalue weighted by atomic mass is 16.3. The number of carbonyl (C=O) groups excluding carboxylic acids is 2. The van der Waals surface area contributed by atoms with E-state index in [4.69, 9.17) is 4.42 Å². The number of rotatable bonds is 3. The molecule has 3 unspecified atom stereocenters. The number of benzene rings is 1. The molecule has 22 heavy (non-hydrogen) atoms. The lowest BCUT2D eigenvalue weighted by Gasteiger charge is -2.23. The van der Waals surface area contributed by atoms with Gasteiger partial charge in [-0.2, -0.15) is 0 Å². The minimum Gasteiger partial charge on any atom is -0.453 e. The predicted molar refractivity (Wildman–Crippen MR) is 82.0 cm³/mol. The molecule has 1 aromatic heterocycles. The van der Waals surface area contributed by atoms with E-state index in [-0.39, 0.29) is 17.7 Å². The minimum atomic E-state index is -0.113. The molecule has 5 heteroatoms. The number of hydrogen-bond acceptors (Lipinski definition) is 4. The summed E-state index contributed by atoms with van der Waals surface area (Å²) in [6.07, 6.45) is 1.17. The molecule has 3 heterocycles. The third kappa shape index (κ3) is 2.22. The van der Waals surface area contributed by atoms with Crippen LogP contribution in [0.3, 0.4) is 0 Å². The van der Waals surface area contributed by atoms with Gasteiger partial charge in [-0.25, -0.2) is 0 Å². The van der Waals surface area contributed by atoms with Gasteiger partial charge in [0.05, 0.1) is 0 Å². The lowest BCUT2D eigenvalue weighted by Crippen LogP contribution is -2.43. The molecule has 2 fully saturated rings. The highest BCUT2D eigenvalue weighted by molar-refractivity contribution is 6.00. The Kier molecular flexibility index (Phi) is 3.04. The van der Waals surface area contributed by atoms with Crippen LogP contribution in [-0.2, 0) is 0 Å². The van der Waals surface area contributed by atoms with Crippen LogP contribution >= 0.6 is 0 Å². The van der Waals surface area contributed by atoms with Crippen LogP contribution in [0.25, 0.3) is 11.0 Å². The van der Waals surface area contributed by atoms with Gasteiger partial charge in [0.25, 0.3) is 5.91 Å². The molecule has 114 valence electrons. The van der Waals surface area contributed by atoms with Crippen molar-refractivity contribution in [3.63, 3.8) is 0 Å². The Bertz CT molecular complexity index is 764. The van der Waals surface area contributed by atoms with Gasteiger partial charge in [0.15, 0.2) is 11.5 Å². The summed E-state index contributed by atoms with van der Waals surface area (Å²) in [4.78, 5) is 26.2. The first-order valence-corrected chi connectivity index (χ1v) is 7.68. The van der Waals surface area contributed by atoms with Crippen molar-refractivity contribution >= 4 is 22.7 Å². The molecule has 2 aliphatic heterocycles. The van der Waals surface area contributed by atoms with Gasteiger partial charge in [0, 0.05) is 37.0 Å². The van der Waals surface area contributed by atoms with Crippen LogP contribution in [0.1, 0.15) is 34.3 Å². The van der Waals surface area contributed by atoms with Crippen LogP contribution in [0.4, 0.5) is 0 Å². The molecule has 2 saturated heterocycles. The molecule has 0 saturated carbocycles. The Morgan fingerprint density at radius 2 is 2.14 bits per heavy atom. The highest BCUT2D eigenvalue weighted by Gasteiger charge is 2.38. The molecule has 2 bridgehead atoms. The molecule has 1 amide bonds. The van der Waals surface area contributed by atoms with Crippen molar-refractivity contribution in [1.29, 1.82) is 0 Å². The van der Waals surface area contributed by atoms with Gasteiger partial charge in [0.1, 0.15) is 5.58 Å². The summed E-state index contributed by atoms with van der Waals surface area (Å²) < 4.78 is 5.45. The number of Topliss-reactive ketones (excluding diaryl/α,β-unsaturated/α-hetero) is 1. The molecule has 0 aliphatic carbocycles. The van der Waals surface area contributed by atoms with Gasteiger partial charge in [-0.05, 0) is 43.1 Å². The van der Waals surface area contributed by atoms with E-state index >= 15 is 0 Å². The maximum atomic E-state index is 12.4. The van der Waals surface area contributed by atoms with Gasteiger partial charge in [-0.3, -0.25) is 9.59 Å². The summed E-state index contributed by atoms with van der Waals surface area (Å²) in [6, 6.07) is 7.24. The maximum Gasteiger partial charge on any atom is 0.251 e. The number of fused-ring (bicyclic) bond motifs is 3. The number of nitrogens with zero attached hydrogens (tertiary/aromatic N) is 1. The Hall–Kier alpha value is -2.14.